The number of aryl methyl sites for hydroxylation is 1. The number of amides is 1. The normalized spacial score (nSPS) is 22.4. The van der Waals surface area contributed by atoms with Crippen LogP contribution in [0.4, 0.5) is 10.1 Å². The van der Waals surface area contributed by atoms with Crippen molar-refractivity contribution < 1.29 is 32.7 Å². The minimum atomic E-state index is -0.507. The molecule has 0 bridgehead atoms. The van der Waals surface area contributed by atoms with Crippen LogP contribution >= 0.6 is 0 Å². The highest BCUT2D eigenvalue weighted by molar-refractivity contribution is 5.83. The number of aldehydes is 1. The number of nitrogens with zero attached hydrogens (tertiary/aromatic N) is 2. The Hall–Kier alpha value is -3.02. The highest BCUT2D eigenvalue weighted by Gasteiger charge is 2.42. The van der Waals surface area contributed by atoms with Gasteiger partial charge in [0.1, 0.15) is 24.3 Å². The standard InChI is InChI=1S/C20H35FN2O2.C10H11NO.C9H17NO3/c1-2-15(9-6-10-17(22)13-21)20(25)23-12-11-18(19(23)14-24)16-7-4-3-5-8-16;1-7-5-8-6-9(11-2)3-4-10(8)12-7;1-9-7-10(4-6-13-9)3-2-5-12-8-11/h14-19H,2-13,22H2,1H3;3-6,11H,1-2H3;8-9H,2-7H2,1H3. The SMILES string of the molecule is CC1CN(CCCOC=O)CCO1.CCC(CCCC(N)CF)C(=O)N1CCC(C2CCCCC2)C1C=O.CNc1ccc2oc(C)cc2c1. The summed E-state index contributed by atoms with van der Waals surface area (Å²) in [5, 5.41) is 4.24. The van der Waals surface area contributed by atoms with E-state index < -0.39 is 12.7 Å². The van der Waals surface area contributed by atoms with E-state index in [0.29, 0.717) is 44.0 Å². The van der Waals surface area contributed by atoms with Gasteiger partial charge in [-0.2, -0.15) is 0 Å². The van der Waals surface area contributed by atoms with Gasteiger partial charge in [0.25, 0.3) is 6.47 Å². The third kappa shape index (κ3) is 13.3. The first kappa shape index (κ1) is 41.4. The summed E-state index contributed by atoms with van der Waals surface area (Å²) in [6.45, 7) is 11.1. The Morgan fingerprint density at radius 1 is 1.12 bits per heavy atom. The zero-order valence-electron chi connectivity index (χ0n) is 31.0. The molecule has 3 fully saturated rings. The van der Waals surface area contributed by atoms with Gasteiger partial charge in [-0.05, 0) is 82.1 Å². The van der Waals surface area contributed by atoms with Crippen molar-refractivity contribution >= 4 is 35.3 Å². The number of furan rings is 1. The molecule has 1 aromatic carbocycles. The molecule has 3 heterocycles. The molecule has 50 heavy (non-hydrogen) atoms. The van der Waals surface area contributed by atoms with E-state index in [1.54, 1.807) is 0 Å². The van der Waals surface area contributed by atoms with Gasteiger partial charge in [-0.1, -0.05) is 45.4 Å². The van der Waals surface area contributed by atoms with E-state index in [1.165, 1.54) is 32.1 Å². The molecule has 0 radical (unpaired) electrons. The van der Waals surface area contributed by atoms with E-state index >= 15 is 0 Å². The number of carbonyl (C=O) groups excluding carboxylic acids is 3. The largest absolute Gasteiger partial charge is 0.468 e. The van der Waals surface area contributed by atoms with Crippen LogP contribution in [0.2, 0.25) is 0 Å². The van der Waals surface area contributed by atoms with Gasteiger partial charge in [0.15, 0.2) is 0 Å². The topological polar surface area (TPSA) is 127 Å². The Kier molecular flexibility index (Phi) is 18.8. The van der Waals surface area contributed by atoms with Crippen molar-refractivity contribution in [2.75, 3.05) is 58.4 Å². The second-order valence-electron chi connectivity index (χ2n) is 14.1. The van der Waals surface area contributed by atoms with Gasteiger partial charge < -0.3 is 34.6 Å². The van der Waals surface area contributed by atoms with Crippen molar-refractivity contribution in [3.05, 3.63) is 30.0 Å². The number of hydrogen-bond donors (Lipinski definition) is 2. The van der Waals surface area contributed by atoms with Gasteiger partial charge in [-0.25, -0.2) is 4.39 Å². The summed E-state index contributed by atoms with van der Waals surface area (Å²) in [5.41, 5.74) is 7.69. The molecule has 282 valence electrons. The zero-order chi connectivity index (χ0) is 36.3. The van der Waals surface area contributed by atoms with Crippen molar-refractivity contribution in [1.29, 1.82) is 0 Å². The van der Waals surface area contributed by atoms with Crippen molar-refractivity contribution in [2.45, 2.75) is 110 Å². The molecule has 2 aromatic rings. The molecule has 0 spiro atoms. The number of alkyl halides is 1. The molecule has 1 saturated carbocycles. The number of carbonyl (C=O) groups is 3. The molecule has 3 aliphatic rings. The third-order valence-corrected chi connectivity index (χ3v) is 10.4. The lowest BCUT2D eigenvalue weighted by Gasteiger charge is -2.32. The summed E-state index contributed by atoms with van der Waals surface area (Å²) in [4.78, 5) is 38.8. The van der Waals surface area contributed by atoms with E-state index in [9.17, 15) is 18.8 Å². The number of ether oxygens (including phenoxy) is 2. The lowest BCUT2D eigenvalue weighted by molar-refractivity contribution is -0.139. The molecule has 2 saturated heterocycles. The summed E-state index contributed by atoms with van der Waals surface area (Å²) in [7, 11) is 1.91. The lowest BCUT2D eigenvalue weighted by atomic mass is 9.77. The van der Waals surface area contributed by atoms with Crippen LogP contribution in [0.3, 0.4) is 0 Å². The number of benzene rings is 1. The highest BCUT2D eigenvalue weighted by Crippen LogP contribution is 2.39. The Balaban J connectivity index is 0.000000225. The molecule has 5 atom stereocenters. The first-order valence-electron chi connectivity index (χ1n) is 18.9. The van der Waals surface area contributed by atoms with Gasteiger partial charge in [0.2, 0.25) is 5.91 Å². The Labute approximate surface area is 299 Å². The van der Waals surface area contributed by atoms with E-state index in [-0.39, 0.29) is 17.9 Å². The molecule has 1 aromatic heterocycles. The summed E-state index contributed by atoms with van der Waals surface area (Å²) in [5.74, 6) is 1.95. The maximum absolute atomic E-state index is 13.0. The third-order valence-electron chi connectivity index (χ3n) is 10.4. The predicted octanol–water partition coefficient (Wildman–Crippen LogP) is 6.53. The average molecular weight is 703 g/mol. The van der Waals surface area contributed by atoms with E-state index in [2.05, 4.69) is 27.9 Å². The molecule has 2 aliphatic heterocycles. The number of hydrogen-bond acceptors (Lipinski definition) is 9. The molecular weight excluding hydrogens is 639 g/mol. The van der Waals surface area contributed by atoms with Gasteiger partial charge >= 0.3 is 0 Å². The molecule has 5 rings (SSSR count). The maximum atomic E-state index is 13.0. The van der Waals surface area contributed by atoms with E-state index in [0.717, 1.165) is 87.0 Å². The van der Waals surface area contributed by atoms with Crippen LogP contribution in [-0.4, -0.2) is 99.8 Å². The quantitative estimate of drug-likeness (QED) is 0.157. The summed E-state index contributed by atoms with van der Waals surface area (Å²) < 4.78 is 27.9. The minimum Gasteiger partial charge on any atom is -0.468 e. The van der Waals surface area contributed by atoms with Gasteiger partial charge in [0, 0.05) is 56.3 Å². The number of morpholine rings is 1. The van der Waals surface area contributed by atoms with Crippen LogP contribution in [-0.2, 0) is 23.9 Å². The molecular formula is C39H63FN4O6. The average Bonchev–Trinajstić information content (AvgIpc) is 3.75. The maximum Gasteiger partial charge on any atom is 0.293 e. The van der Waals surface area contributed by atoms with Crippen LogP contribution in [0.1, 0.15) is 90.2 Å². The molecule has 5 unspecified atom stereocenters. The van der Waals surface area contributed by atoms with Crippen molar-refractivity contribution in [1.82, 2.24) is 9.80 Å². The number of likely N-dealkylation sites (tertiary alicyclic amines) is 1. The van der Waals surface area contributed by atoms with Crippen LogP contribution in [0.25, 0.3) is 11.0 Å². The molecule has 1 aliphatic carbocycles. The van der Waals surface area contributed by atoms with Crippen LogP contribution in [0, 0.1) is 24.7 Å². The van der Waals surface area contributed by atoms with Gasteiger partial charge in [-0.15, -0.1) is 0 Å². The first-order chi connectivity index (χ1) is 24.2. The van der Waals surface area contributed by atoms with Crippen molar-refractivity contribution in [3.8, 4) is 0 Å². The molecule has 3 N–H and O–H groups in total. The van der Waals surface area contributed by atoms with Gasteiger partial charge in [-0.3, -0.25) is 14.5 Å². The number of nitrogens with one attached hydrogen (secondary N) is 1. The molecule has 11 heteroatoms. The Morgan fingerprint density at radius 2 is 1.90 bits per heavy atom. The first-order valence-corrected chi connectivity index (χ1v) is 18.9. The second-order valence-corrected chi connectivity index (χ2v) is 14.1. The smallest absolute Gasteiger partial charge is 0.293 e. The molecule has 1 amide bonds. The summed E-state index contributed by atoms with van der Waals surface area (Å²) >= 11 is 0. The van der Waals surface area contributed by atoms with Crippen molar-refractivity contribution in [2.24, 2.45) is 23.5 Å². The second kappa shape index (κ2) is 22.7. The fourth-order valence-electron chi connectivity index (χ4n) is 7.63. The Bertz CT molecular complexity index is 1270. The van der Waals surface area contributed by atoms with Crippen LogP contribution in [0.15, 0.2) is 28.7 Å². The predicted molar refractivity (Wildman–Crippen MR) is 197 cm³/mol. The van der Waals surface area contributed by atoms with E-state index in [4.69, 9.17) is 14.9 Å². The van der Waals surface area contributed by atoms with Crippen molar-refractivity contribution in [3.63, 3.8) is 0 Å². The minimum absolute atomic E-state index is 0.0700. The Morgan fingerprint density at radius 3 is 2.56 bits per heavy atom. The monoisotopic (exact) mass is 702 g/mol. The van der Waals surface area contributed by atoms with Gasteiger partial charge in [0.05, 0.1) is 25.4 Å². The summed E-state index contributed by atoms with van der Waals surface area (Å²) in [6, 6.07) is 7.44. The highest BCUT2D eigenvalue weighted by atomic mass is 19.1. The van der Waals surface area contributed by atoms with Crippen LogP contribution < -0.4 is 11.1 Å². The summed E-state index contributed by atoms with van der Waals surface area (Å²) in [6.07, 6.45) is 12.3. The van der Waals surface area contributed by atoms with E-state index in [1.807, 2.05) is 44.0 Å². The molecule has 10 nitrogen and oxygen atoms in total. The lowest BCUT2D eigenvalue weighted by Crippen LogP contribution is -2.43. The number of anilines is 1. The number of halogens is 1. The number of fused-ring (bicyclic) bond motifs is 1. The number of rotatable bonds is 15. The fourth-order valence-corrected chi connectivity index (χ4v) is 7.63. The zero-order valence-corrected chi connectivity index (χ0v) is 31.0. The van der Waals surface area contributed by atoms with Crippen LogP contribution in [0.5, 0.6) is 0 Å². The number of nitrogens with two attached hydrogens (primary N) is 1. The fraction of sp³-hybridized carbons (Fsp3) is 0.718.